The van der Waals surface area contributed by atoms with Crippen molar-refractivity contribution in [2.45, 2.75) is 44.6 Å². The van der Waals surface area contributed by atoms with Crippen molar-refractivity contribution in [1.29, 1.82) is 0 Å². The van der Waals surface area contributed by atoms with Crippen LogP contribution in [0.15, 0.2) is 6.33 Å². The lowest BCUT2D eigenvalue weighted by atomic mass is 9.83. The Kier molecular flexibility index (Phi) is 4.65. The molecule has 0 N–H and O–H groups in total. The average molecular weight is 265 g/mol. The van der Waals surface area contributed by atoms with Crippen molar-refractivity contribution in [3.63, 3.8) is 0 Å². The highest BCUT2D eigenvalue weighted by molar-refractivity contribution is 5.69. The summed E-state index contributed by atoms with van der Waals surface area (Å²) < 4.78 is 6.52. The number of hydrogen-bond acceptors (Lipinski definition) is 5. The van der Waals surface area contributed by atoms with E-state index in [4.69, 9.17) is 0 Å². The van der Waals surface area contributed by atoms with E-state index < -0.39 is 0 Å². The van der Waals surface area contributed by atoms with E-state index in [1.54, 1.807) is 6.33 Å². The summed E-state index contributed by atoms with van der Waals surface area (Å²) in [6, 6.07) is 0.310. The van der Waals surface area contributed by atoms with Gasteiger partial charge in [-0.15, -0.1) is 10.2 Å². The van der Waals surface area contributed by atoms with E-state index in [2.05, 4.69) is 14.9 Å². The maximum atomic E-state index is 11.1. The fraction of sp³-hybridized carbons (Fsp3) is 0.692. The van der Waals surface area contributed by atoms with Gasteiger partial charge in [-0.3, -0.25) is 9.59 Å². The highest BCUT2D eigenvalue weighted by atomic mass is 16.5. The van der Waals surface area contributed by atoms with Crippen LogP contribution >= 0.6 is 0 Å². The highest BCUT2D eigenvalue weighted by Gasteiger charge is 2.24. The fourth-order valence-corrected chi connectivity index (χ4v) is 2.75. The summed E-state index contributed by atoms with van der Waals surface area (Å²) in [7, 11) is 1.42. The van der Waals surface area contributed by atoms with Gasteiger partial charge in [0.05, 0.1) is 7.11 Å². The maximum Gasteiger partial charge on any atom is 0.305 e. The van der Waals surface area contributed by atoms with Gasteiger partial charge in [0.15, 0.2) is 12.1 Å². The Morgan fingerprint density at radius 1 is 1.47 bits per heavy atom. The van der Waals surface area contributed by atoms with Gasteiger partial charge in [0.2, 0.25) is 0 Å². The summed E-state index contributed by atoms with van der Waals surface area (Å²) in [6.45, 7) is 0. The molecule has 0 saturated heterocycles. The van der Waals surface area contributed by atoms with Crippen LogP contribution in [-0.4, -0.2) is 34.1 Å². The third-order valence-corrected chi connectivity index (χ3v) is 3.90. The molecule has 1 fully saturated rings. The summed E-state index contributed by atoms with van der Waals surface area (Å²) in [5, 5.41) is 7.56. The molecule has 1 aliphatic rings. The van der Waals surface area contributed by atoms with Crippen molar-refractivity contribution in [2.24, 2.45) is 5.92 Å². The van der Waals surface area contributed by atoms with Gasteiger partial charge in [0.1, 0.15) is 6.33 Å². The number of aldehydes is 1. The fourth-order valence-electron chi connectivity index (χ4n) is 2.75. The molecular weight excluding hydrogens is 246 g/mol. The first-order valence-electron chi connectivity index (χ1n) is 6.66. The minimum atomic E-state index is -0.135. The number of carbonyl (C=O) groups is 2. The van der Waals surface area contributed by atoms with Gasteiger partial charge in [-0.1, -0.05) is 0 Å². The Morgan fingerprint density at radius 3 is 2.84 bits per heavy atom. The van der Waals surface area contributed by atoms with E-state index in [-0.39, 0.29) is 5.97 Å². The Balaban J connectivity index is 1.82. The average Bonchev–Trinajstić information content (AvgIpc) is 2.93. The van der Waals surface area contributed by atoms with Crippen molar-refractivity contribution >= 4 is 12.3 Å². The minimum Gasteiger partial charge on any atom is -0.469 e. The van der Waals surface area contributed by atoms with Crippen LogP contribution in [0.25, 0.3) is 0 Å². The lowest BCUT2D eigenvalue weighted by Gasteiger charge is -2.29. The standard InChI is InChI=1S/C13H19N3O3/c1-19-13(18)7-4-10-2-5-11(6-3-10)16-9-14-15-12(16)8-17/h8-11H,2-7H2,1H3. The van der Waals surface area contributed by atoms with E-state index in [0.717, 1.165) is 38.4 Å². The maximum absolute atomic E-state index is 11.1. The van der Waals surface area contributed by atoms with E-state index >= 15 is 0 Å². The lowest BCUT2D eigenvalue weighted by molar-refractivity contribution is -0.141. The molecule has 6 nitrogen and oxygen atoms in total. The van der Waals surface area contributed by atoms with Crippen LogP contribution in [0.1, 0.15) is 55.2 Å². The first-order chi connectivity index (χ1) is 9.24. The van der Waals surface area contributed by atoms with E-state index in [9.17, 15) is 9.59 Å². The zero-order valence-electron chi connectivity index (χ0n) is 11.1. The Hall–Kier alpha value is -1.72. The Labute approximate surface area is 112 Å². The third kappa shape index (κ3) is 3.39. The number of hydrogen-bond donors (Lipinski definition) is 0. The normalized spacial score (nSPS) is 23.0. The van der Waals surface area contributed by atoms with Crippen molar-refractivity contribution < 1.29 is 14.3 Å². The summed E-state index contributed by atoms with van der Waals surface area (Å²) >= 11 is 0. The minimum absolute atomic E-state index is 0.135. The highest BCUT2D eigenvalue weighted by Crippen LogP contribution is 2.34. The molecule has 1 aromatic heterocycles. The Morgan fingerprint density at radius 2 is 2.21 bits per heavy atom. The second kappa shape index (κ2) is 6.45. The van der Waals surface area contributed by atoms with Crippen LogP contribution in [0.5, 0.6) is 0 Å². The van der Waals surface area contributed by atoms with Gasteiger partial charge in [0, 0.05) is 12.5 Å². The van der Waals surface area contributed by atoms with Gasteiger partial charge in [-0.25, -0.2) is 0 Å². The van der Waals surface area contributed by atoms with Crippen LogP contribution in [-0.2, 0) is 9.53 Å². The molecule has 1 saturated carbocycles. The first kappa shape index (κ1) is 13.7. The second-order valence-corrected chi connectivity index (χ2v) is 5.00. The zero-order chi connectivity index (χ0) is 13.7. The number of carbonyl (C=O) groups excluding carboxylic acids is 2. The van der Waals surface area contributed by atoms with Gasteiger partial charge in [-0.2, -0.15) is 0 Å². The molecule has 1 aliphatic carbocycles. The molecule has 104 valence electrons. The molecule has 19 heavy (non-hydrogen) atoms. The van der Waals surface area contributed by atoms with E-state index in [0.29, 0.717) is 24.2 Å². The Bertz CT molecular complexity index is 436. The van der Waals surface area contributed by atoms with Crippen LogP contribution in [0.2, 0.25) is 0 Å². The van der Waals surface area contributed by atoms with Crippen molar-refractivity contribution in [3.8, 4) is 0 Å². The monoisotopic (exact) mass is 265 g/mol. The number of esters is 1. The molecule has 0 radical (unpaired) electrons. The number of nitrogens with zero attached hydrogens (tertiary/aromatic N) is 3. The quantitative estimate of drug-likeness (QED) is 0.599. The molecule has 2 rings (SSSR count). The summed E-state index contributed by atoms with van der Waals surface area (Å²) in [4.78, 5) is 21.9. The van der Waals surface area contributed by atoms with Crippen LogP contribution < -0.4 is 0 Å². The van der Waals surface area contributed by atoms with Crippen molar-refractivity contribution in [3.05, 3.63) is 12.2 Å². The second-order valence-electron chi connectivity index (χ2n) is 5.00. The van der Waals surface area contributed by atoms with Gasteiger partial charge in [0.25, 0.3) is 0 Å². The van der Waals surface area contributed by atoms with Gasteiger partial charge in [-0.05, 0) is 38.0 Å². The third-order valence-electron chi connectivity index (χ3n) is 3.90. The molecule has 0 atom stereocenters. The van der Waals surface area contributed by atoms with Gasteiger partial charge < -0.3 is 9.30 Å². The SMILES string of the molecule is COC(=O)CCC1CCC(n2cnnc2C=O)CC1. The van der Waals surface area contributed by atoms with Crippen LogP contribution in [0.3, 0.4) is 0 Å². The molecule has 0 spiro atoms. The smallest absolute Gasteiger partial charge is 0.305 e. The molecule has 1 aromatic rings. The van der Waals surface area contributed by atoms with Crippen molar-refractivity contribution in [2.75, 3.05) is 7.11 Å². The predicted molar refractivity (Wildman–Crippen MR) is 67.7 cm³/mol. The first-order valence-corrected chi connectivity index (χ1v) is 6.66. The van der Waals surface area contributed by atoms with Gasteiger partial charge >= 0.3 is 5.97 Å². The molecule has 0 aliphatic heterocycles. The lowest BCUT2D eigenvalue weighted by Crippen LogP contribution is -2.20. The summed E-state index contributed by atoms with van der Waals surface area (Å²) in [6.07, 6.45) is 7.91. The molecule has 1 heterocycles. The molecule has 0 unspecified atom stereocenters. The number of rotatable bonds is 5. The van der Waals surface area contributed by atoms with Crippen LogP contribution in [0, 0.1) is 5.92 Å². The van der Waals surface area contributed by atoms with E-state index in [1.807, 2.05) is 4.57 Å². The van der Waals surface area contributed by atoms with Crippen LogP contribution in [0.4, 0.5) is 0 Å². The van der Waals surface area contributed by atoms with Crippen molar-refractivity contribution in [1.82, 2.24) is 14.8 Å². The number of aromatic nitrogens is 3. The molecule has 0 amide bonds. The molecular formula is C13H19N3O3. The number of methoxy groups -OCH3 is 1. The molecule has 0 aromatic carbocycles. The molecule has 6 heteroatoms. The summed E-state index contributed by atoms with van der Waals surface area (Å²) in [5.74, 6) is 0.841. The largest absolute Gasteiger partial charge is 0.469 e. The number of ether oxygens (including phenoxy) is 1. The topological polar surface area (TPSA) is 74.1 Å². The zero-order valence-corrected chi connectivity index (χ0v) is 11.1. The van der Waals surface area contributed by atoms with E-state index in [1.165, 1.54) is 7.11 Å². The molecule has 0 bridgehead atoms. The summed E-state index contributed by atoms with van der Waals surface area (Å²) in [5.41, 5.74) is 0. The predicted octanol–water partition coefficient (Wildman–Crippen LogP) is 1.78.